The van der Waals surface area contributed by atoms with Gasteiger partial charge in [0.1, 0.15) is 6.61 Å². The van der Waals surface area contributed by atoms with Gasteiger partial charge in [-0.25, -0.2) is 0 Å². The Labute approximate surface area is 116 Å². The minimum atomic E-state index is 0.100. The van der Waals surface area contributed by atoms with Crippen molar-refractivity contribution >= 4 is 5.91 Å². The van der Waals surface area contributed by atoms with Crippen LogP contribution in [-0.2, 0) is 14.3 Å². The quantitative estimate of drug-likeness (QED) is 0.633. The Morgan fingerprint density at radius 2 is 2.26 bits per heavy atom. The summed E-state index contributed by atoms with van der Waals surface area (Å²) in [6.07, 6.45) is 3.41. The molecular weight excluding hydrogens is 244 g/mol. The smallest absolute Gasteiger partial charge is 0.248 e. The fourth-order valence-corrected chi connectivity index (χ4v) is 2.37. The minimum absolute atomic E-state index is 0.100. The molecule has 5 heteroatoms. The van der Waals surface area contributed by atoms with Crippen molar-refractivity contribution in [1.29, 1.82) is 0 Å². The maximum absolute atomic E-state index is 12.1. The van der Waals surface area contributed by atoms with Crippen LogP contribution in [0.25, 0.3) is 0 Å². The highest BCUT2D eigenvalue weighted by molar-refractivity contribution is 5.77. The minimum Gasteiger partial charge on any atom is -0.382 e. The van der Waals surface area contributed by atoms with E-state index in [9.17, 15) is 4.79 Å². The van der Waals surface area contributed by atoms with Gasteiger partial charge in [-0.05, 0) is 38.3 Å². The van der Waals surface area contributed by atoms with Crippen LogP contribution in [0.2, 0.25) is 0 Å². The first-order valence-electron chi connectivity index (χ1n) is 7.33. The van der Waals surface area contributed by atoms with E-state index in [-0.39, 0.29) is 12.5 Å². The van der Waals surface area contributed by atoms with Crippen LogP contribution in [0.15, 0.2) is 0 Å². The van der Waals surface area contributed by atoms with E-state index in [0.717, 1.165) is 32.6 Å². The molecule has 1 aliphatic heterocycles. The second kappa shape index (κ2) is 10.2. The highest BCUT2D eigenvalue weighted by atomic mass is 16.5. The third kappa shape index (κ3) is 6.89. The van der Waals surface area contributed by atoms with Gasteiger partial charge in [-0.3, -0.25) is 4.79 Å². The largest absolute Gasteiger partial charge is 0.382 e. The van der Waals surface area contributed by atoms with Crippen molar-refractivity contribution in [1.82, 2.24) is 10.2 Å². The fraction of sp³-hybridized carbons (Fsp3) is 0.929. The van der Waals surface area contributed by atoms with E-state index < -0.39 is 0 Å². The molecule has 0 aromatic heterocycles. The lowest BCUT2D eigenvalue weighted by Crippen LogP contribution is -2.42. The molecule has 1 amide bonds. The van der Waals surface area contributed by atoms with Crippen molar-refractivity contribution in [2.45, 2.75) is 26.2 Å². The normalized spacial score (nSPS) is 19.4. The number of carbonyl (C=O) groups is 1. The van der Waals surface area contributed by atoms with Gasteiger partial charge in [0.2, 0.25) is 5.91 Å². The first-order chi connectivity index (χ1) is 9.27. The van der Waals surface area contributed by atoms with Crippen LogP contribution in [-0.4, -0.2) is 63.9 Å². The van der Waals surface area contributed by atoms with Crippen molar-refractivity contribution in [2.75, 3.05) is 53.1 Å². The number of carbonyl (C=O) groups excluding carboxylic acids is 1. The molecule has 0 aromatic carbocycles. The first-order valence-corrected chi connectivity index (χ1v) is 7.33. The molecule has 1 atom stereocenters. The molecule has 1 heterocycles. The summed E-state index contributed by atoms with van der Waals surface area (Å²) in [6, 6.07) is 0. The summed E-state index contributed by atoms with van der Waals surface area (Å²) < 4.78 is 10.2. The Morgan fingerprint density at radius 3 is 2.89 bits per heavy atom. The van der Waals surface area contributed by atoms with Crippen LogP contribution >= 0.6 is 0 Å². The molecule has 1 rings (SSSR count). The van der Waals surface area contributed by atoms with E-state index >= 15 is 0 Å². The second-order valence-electron chi connectivity index (χ2n) is 5.10. The molecule has 1 fully saturated rings. The van der Waals surface area contributed by atoms with Crippen LogP contribution in [0, 0.1) is 5.92 Å². The zero-order chi connectivity index (χ0) is 13.9. The molecule has 1 N–H and O–H groups in total. The van der Waals surface area contributed by atoms with E-state index in [1.54, 1.807) is 7.11 Å². The monoisotopic (exact) mass is 272 g/mol. The topological polar surface area (TPSA) is 50.8 Å². The maximum atomic E-state index is 12.1. The van der Waals surface area contributed by atoms with Gasteiger partial charge in [0, 0.05) is 20.2 Å². The predicted molar refractivity (Wildman–Crippen MR) is 75.2 cm³/mol. The van der Waals surface area contributed by atoms with E-state index in [1.165, 1.54) is 12.8 Å². The predicted octanol–water partition coefficient (Wildman–Crippen LogP) is 0.888. The molecule has 1 unspecified atom stereocenters. The standard InChI is InChI=1S/C14H28N2O3/c1-3-7-16(11-13-5-4-6-15-10-13)14(17)12-19-9-8-18-2/h13,15H,3-12H2,1-2H3. The third-order valence-corrected chi connectivity index (χ3v) is 3.38. The second-order valence-corrected chi connectivity index (χ2v) is 5.10. The van der Waals surface area contributed by atoms with Gasteiger partial charge >= 0.3 is 0 Å². The Hall–Kier alpha value is -0.650. The van der Waals surface area contributed by atoms with Gasteiger partial charge in [0.15, 0.2) is 0 Å². The zero-order valence-electron chi connectivity index (χ0n) is 12.3. The highest BCUT2D eigenvalue weighted by Gasteiger charge is 2.20. The van der Waals surface area contributed by atoms with Gasteiger partial charge in [-0.2, -0.15) is 0 Å². The number of ether oxygens (including phenoxy) is 2. The molecule has 0 bridgehead atoms. The number of hydrogen-bond donors (Lipinski definition) is 1. The third-order valence-electron chi connectivity index (χ3n) is 3.38. The number of methoxy groups -OCH3 is 1. The van der Waals surface area contributed by atoms with E-state index in [1.807, 2.05) is 4.90 Å². The van der Waals surface area contributed by atoms with E-state index in [4.69, 9.17) is 9.47 Å². The lowest BCUT2D eigenvalue weighted by molar-refractivity contribution is -0.137. The molecular formula is C14H28N2O3. The van der Waals surface area contributed by atoms with Crippen LogP contribution in [0.4, 0.5) is 0 Å². The summed E-state index contributed by atoms with van der Waals surface area (Å²) in [5, 5.41) is 3.40. The number of hydrogen-bond acceptors (Lipinski definition) is 4. The van der Waals surface area contributed by atoms with E-state index in [0.29, 0.717) is 19.1 Å². The zero-order valence-corrected chi connectivity index (χ0v) is 12.3. The molecule has 1 saturated heterocycles. The van der Waals surface area contributed by atoms with Crippen LogP contribution in [0.5, 0.6) is 0 Å². The lowest BCUT2D eigenvalue weighted by Gasteiger charge is -2.30. The van der Waals surface area contributed by atoms with Crippen molar-refractivity contribution in [3.05, 3.63) is 0 Å². The molecule has 0 spiro atoms. The first kappa shape index (κ1) is 16.4. The number of piperidine rings is 1. The average Bonchev–Trinajstić information content (AvgIpc) is 2.44. The van der Waals surface area contributed by atoms with E-state index in [2.05, 4.69) is 12.2 Å². The molecule has 0 aliphatic carbocycles. The van der Waals surface area contributed by atoms with Crippen LogP contribution < -0.4 is 5.32 Å². The van der Waals surface area contributed by atoms with Gasteiger partial charge in [0.05, 0.1) is 13.2 Å². The summed E-state index contributed by atoms with van der Waals surface area (Å²) in [5.41, 5.74) is 0. The Morgan fingerprint density at radius 1 is 1.42 bits per heavy atom. The van der Waals surface area contributed by atoms with Crippen LogP contribution in [0.1, 0.15) is 26.2 Å². The summed E-state index contributed by atoms with van der Waals surface area (Å²) in [7, 11) is 1.63. The molecule has 112 valence electrons. The molecule has 0 aromatic rings. The maximum Gasteiger partial charge on any atom is 0.248 e. The summed E-state index contributed by atoms with van der Waals surface area (Å²) in [5.74, 6) is 0.687. The summed E-state index contributed by atoms with van der Waals surface area (Å²) in [6.45, 7) is 7.10. The van der Waals surface area contributed by atoms with Crippen molar-refractivity contribution in [2.24, 2.45) is 5.92 Å². The molecule has 5 nitrogen and oxygen atoms in total. The van der Waals surface area contributed by atoms with Crippen LogP contribution in [0.3, 0.4) is 0 Å². The average molecular weight is 272 g/mol. The van der Waals surface area contributed by atoms with Gasteiger partial charge in [0.25, 0.3) is 0 Å². The molecule has 1 aliphatic rings. The fourth-order valence-electron chi connectivity index (χ4n) is 2.37. The molecule has 19 heavy (non-hydrogen) atoms. The number of rotatable bonds is 9. The van der Waals surface area contributed by atoms with Gasteiger partial charge < -0.3 is 19.7 Å². The summed E-state index contributed by atoms with van der Waals surface area (Å²) >= 11 is 0. The highest BCUT2D eigenvalue weighted by Crippen LogP contribution is 2.12. The Balaban J connectivity index is 2.30. The van der Waals surface area contributed by atoms with Gasteiger partial charge in [-0.15, -0.1) is 0 Å². The SMILES string of the molecule is CCCN(CC1CCCNC1)C(=O)COCCOC. The summed E-state index contributed by atoms with van der Waals surface area (Å²) in [4.78, 5) is 14.1. The van der Waals surface area contributed by atoms with Crippen molar-refractivity contribution in [3.8, 4) is 0 Å². The number of amides is 1. The number of nitrogens with one attached hydrogen (secondary N) is 1. The lowest BCUT2D eigenvalue weighted by atomic mass is 9.99. The Kier molecular flexibility index (Phi) is 8.79. The van der Waals surface area contributed by atoms with Crippen molar-refractivity contribution < 1.29 is 14.3 Å². The van der Waals surface area contributed by atoms with Gasteiger partial charge in [-0.1, -0.05) is 6.92 Å². The molecule has 0 radical (unpaired) electrons. The number of nitrogens with zero attached hydrogens (tertiary/aromatic N) is 1. The van der Waals surface area contributed by atoms with Crippen molar-refractivity contribution in [3.63, 3.8) is 0 Å². The molecule has 0 saturated carbocycles. The Bertz CT molecular complexity index is 243.